The number of ether oxygens (including phenoxy) is 1. The maximum Gasteiger partial charge on any atom is 0.244 e. The van der Waals surface area contributed by atoms with Crippen LogP contribution in [-0.4, -0.2) is 33.8 Å². The first kappa shape index (κ1) is 14.7. The van der Waals surface area contributed by atoms with Crippen LogP contribution in [0.1, 0.15) is 12.8 Å². The zero-order valence-electron chi connectivity index (χ0n) is 10.2. The average Bonchev–Trinajstić information content (AvgIpc) is 2.35. The predicted octanol–water partition coefficient (Wildman–Crippen LogP) is 0.328. The van der Waals surface area contributed by atoms with Gasteiger partial charge in [0.15, 0.2) is 0 Å². The normalized spacial score (nSPS) is 11.4. The molecule has 1 rings (SSSR count). The highest BCUT2D eigenvalue weighted by atomic mass is 32.2. The van der Waals surface area contributed by atoms with Crippen LogP contribution in [0.3, 0.4) is 0 Å². The lowest BCUT2D eigenvalue weighted by Gasteiger charge is -2.11. The van der Waals surface area contributed by atoms with Gasteiger partial charge in [0.2, 0.25) is 10.0 Å². The number of nitrogens with two attached hydrogens (primary N) is 1. The molecule has 102 valence electrons. The Kier molecular flexibility index (Phi) is 5.39. The van der Waals surface area contributed by atoms with E-state index in [4.69, 9.17) is 15.6 Å². The number of hydrogen-bond donors (Lipinski definition) is 3. The first-order valence-corrected chi connectivity index (χ1v) is 7.03. The summed E-state index contributed by atoms with van der Waals surface area (Å²) < 4.78 is 31.5. The first-order valence-electron chi connectivity index (χ1n) is 5.55. The van der Waals surface area contributed by atoms with Gasteiger partial charge in [0, 0.05) is 18.8 Å². The fraction of sp³-hybridized carbons (Fsp3) is 0.455. The molecule has 0 aromatic heterocycles. The molecular formula is C11H18N2O4S. The maximum atomic E-state index is 12.0. The largest absolute Gasteiger partial charge is 0.495 e. The van der Waals surface area contributed by atoms with Crippen molar-refractivity contribution in [3.05, 3.63) is 18.2 Å². The van der Waals surface area contributed by atoms with Crippen LogP contribution in [0.15, 0.2) is 23.1 Å². The number of nitrogen functional groups attached to an aromatic ring is 1. The number of aliphatic hydroxyl groups is 1. The van der Waals surface area contributed by atoms with Gasteiger partial charge < -0.3 is 15.6 Å². The van der Waals surface area contributed by atoms with Crippen LogP contribution in [-0.2, 0) is 10.0 Å². The third kappa shape index (κ3) is 3.86. The highest BCUT2D eigenvalue weighted by Crippen LogP contribution is 2.25. The van der Waals surface area contributed by atoms with E-state index in [0.29, 0.717) is 18.5 Å². The van der Waals surface area contributed by atoms with E-state index in [0.717, 1.165) is 0 Å². The van der Waals surface area contributed by atoms with Crippen molar-refractivity contribution in [2.45, 2.75) is 17.7 Å². The summed E-state index contributed by atoms with van der Waals surface area (Å²) in [5, 5.41) is 8.62. The van der Waals surface area contributed by atoms with Gasteiger partial charge in [-0.05, 0) is 31.0 Å². The molecule has 0 amide bonds. The minimum Gasteiger partial charge on any atom is -0.495 e. The van der Waals surface area contributed by atoms with E-state index in [2.05, 4.69) is 4.72 Å². The van der Waals surface area contributed by atoms with Crippen LogP contribution >= 0.6 is 0 Å². The van der Waals surface area contributed by atoms with Crippen molar-refractivity contribution in [3.8, 4) is 5.75 Å². The number of unbranched alkanes of at least 4 members (excludes halogenated alkanes) is 1. The smallest absolute Gasteiger partial charge is 0.244 e. The van der Waals surface area contributed by atoms with Crippen molar-refractivity contribution >= 4 is 15.7 Å². The minimum absolute atomic E-state index is 0.0222. The lowest BCUT2D eigenvalue weighted by molar-refractivity contribution is 0.285. The van der Waals surface area contributed by atoms with Gasteiger partial charge in [0.1, 0.15) is 10.6 Å². The lowest BCUT2D eigenvalue weighted by Crippen LogP contribution is -2.25. The van der Waals surface area contributed by atoms with Gasteiger partial charge in [-0.3, -0.25) is 0 Å². The maximum absolute atomic E-state index is 12.0. The van der Waals surface area contributed by atoms with Crippen molar-refractivity contribution in [1.29, 1.82) is 0 Å². The molecule has 0 spiro atoms. The van der Waals surface area contributed by atoms with Crippen molar-refractivity contribution < 1.29 is 18.3 Å². The van der Waals surface area contributed by atoms with E-state index in [1.165, 1.54) is 19.2 Å². The second-order valence-electron chi connectivity index (χ2n) is 3.74. The van der Waals surface area contributed by atoms with Gasteiger partial charge in [-0.15, -0.1) is 0 Å². The summed E-state index contributed by atoms with van der Waals surface area (Å²) in [4.78, 5) is 0.0222. The molecular weight excluding hydrogens is 256 g/mol. The lowest BCUT2D eigenvalue weighted by atomic mass is 10.3. The number of benzene rings is 1. The summed E-state index contributed by atoms with van der Waals surface area (Å²) in [7, 11) is -2.24. The van der Waals surface area contributed by atoms with E-state index in [-0.39, 0.29) is 23.8 Å². The third-order valence-electron chi connectivity index (χ3n) is 2.35. The fourth-order valence-electron chi connectivity index (χ4n) is 1.42. The molecule has 0 fully saturated rings. The molecule has 0 saturated carbocycles. The number of anilines is 1. The van der Waals surface area contributed by atoms with E-state index in [1.807, 2.05) is 0 Å². The molecule has 7 heteroatoms. The summed E-state index contributed by atoms with van der Waals surface area (Å²) in [5.74, 6) is 0.249. The predicted molar refractivity (Wildman–Crippen MR) is 68.9 cm³/mol. The minimum atomic E-state index is -3.64. The van der Waals surface area contributed by atoms with Crippen molar-refractivity contribution in [2.24, 2.45) is 0 Å². The molecule has 6 nitrogen and oxygen atoms in total. The van der Waals surface area contributed by atoms with Gasteiger partial charge >= 0.3 is 0 Å². The van der Waals surface area contributed by atoms with E-state index in [1.54, 1.807) is 6.07 Å². The first-order chi connectivity index (χ1) is 8.51. The molecule has 0 aliphatic carbocycles. The Hall–Kier alpha value is -1.31. The molecule has 0 bridgehead atoms. The average molecular weight is 274 g/mol. The highest BCUT2D eigenvalue weighted by Gasteiger charge is 2.19. The van der Waals surface area contributed by atoms with Crippen molar-refractivity contribution in [1.82, 2.24) is 4.72 Å². The monoisotopic (exact) mass is 274 g/mol. The number of hydrogen-bond acceptors (Lipinski definition) is 5. The highest BCUT2D eigenvalue weighted by molar-refractivity contribution is 7.89. The molecule has 0 radical (unpaired) electrons. The van der Waals surface area contributed by atoms with Gasteiger partial charge in [0.25, 0.3) is 0 Å². The molecule has 18 heavy (non-hydrogen) atoms. The van der Waals surface area contributed by atoms with Crippen LogP contribution < -0.4 is 15.2 Å². The SMILES string of the molecule is COc1ccc(N)cc1S(=O)(=O)NCCCCO. The Labute approximate surface area is 107 Å². The Morgan fingerprint density at radius 2 is 2.11 bits per heavy atom. The summed E-state index contributed by atoms with van der Waals surface area (Å²) in [6.45, 7) is 0.310. The molecule has 0 saturated heterocycles. The number of rotatable bonds is 7. The molecule has 1 aromatic rings. The van der Waals surface area contributed by atoms with Crippen molar-refractivity contribution in [3.63, 3.8) is 0 Å². The second kappa shape index (κ2) is 6.58. The van der Waals surface area contributed by atoms with E-state index in [9.17, 15) is 8.42 Å². The van der Waals surface area contributed by atoms with Crippen LogP contribution in [0.2, 0.25) is 0 Å². The summed E-state index contributed by atoms with van der Waals surface area (Å²) in [6.07, 6.45) is 1.12. The summed E-state index contributed by atoms with van der Waals surface area (Å²) in [5.41, 5.74) is 5.93. The Balaban J connectivity index is 2.87. The molecule has 0 heterocycles. The van der Waals surface area contributed by atoms with Gasteiger partial charge in [-0.1, -0.05) is 0 Å². The van der Waals surface area contributed by atoms with E-state index >= 15 is 0 Å². The van der Waals surface area contributed by atoms with Gasteiger partial charge in [-0.2, -0.15) is 0 Å². The quantitative estimate of drug-likeness (QED) is 0.491. The van der Waals surface area contributed by atoms with Crippen molar-refractivity contribution in [2.75, 3.05) is 26.0 Å². The number of methoxy groups -OCH3 is 1. The standard InChI is InChI=1S/C11H18N2O4S/c1-17-10-5-4-9(12)8-11(10)18(15,16)13-6-2-3-7-14/h4-5,8,13-14H,2-3,6-7,12H2,1H3. The molecule has 0 unspecified atom stereocenters. The Morgan fingerprint density at radius 3 is 2.72 bits per heavy atom. The van der Waals surface area contributed by atoms with Crippen LogP contribution in [0.4, 0.5) is 5.69 Å². The van der Waals surface area contributed by atoms with Crippen LogP contribution in [0.5, 0.6) is 5.75 Å². The zero-order chi connectivity index (χ0) is 13.6. The van der Waals surface area contributed by atoms with Gasteiger partial charge in [0.05, 0.1) is 7.11 Å². The zero-order valence-corrected chi connectivity index (χ0v) is 11.0. The van der Waals surface area contributed by atoms with Crippen LogP contribution in [0, 0.1) is 0 Å². The number of nitrogens with one attached hydrogen (secondary N) is 1. The Bertz CT molecular complexity index is 488. The summed E-state index contributed by atoms with van der Waals surface area (Å²) >= 11 is 0. The second-order valence-corrected chi connectivity index (χ2v) is 5.47. The topological polar surface area (TPSA) is 102 Å². The van der Waals surface area contributed by atoms with Crippen LogP contribution in [0.25, 0.3) is 0 Å². The number of aliphatic hydroxyl groups excluding tert-OH is 1. The molecule has 4 N–H and O–H groups in total. The fourth-order valence-corrected chi connectivity index (χ4v) is 2.70. The number of sulfonamides is 1. The van der Waals surface area contributed by atoms with Gasteiger partial charge in [-0.25, -0.2) is 13.1 Å². The molecule has 1 aromatic carbocycles. The molecule has 0 aliphatic rings. The molecule has 0 atom stereocenters. The molecule has 0 aliphatic heterocycles. The Morgan fingerprint density at radius 1 is 1.39 bits per heavy atom. The summed E-state index contributed by atoms with van der Waals surface area (Å²) in [6, 6.07) is 4.44. The van der Waals surface area contributed by atoms with E-state index < -0.39 is 10.0 Å². The third-order valence-corrected chi connectivity index (χ3v) is 3.84.